The summed E-state index contributed by atoms with van der Waals surface area (Å²) in [4.78, 5) is 16.0. The number of amides is 1. The van der Waals surface area contributed by atoms with Crippen LogP contribution in [0.3, 0.4) is 0 Å². The number of carbonyl (C=O) groups excluding carboxylic acids is 1. The van der Waals surface area contributed by atoms with Crippen molar-refractivity contribution in [2.45, 2.75) is 6.54 Å². The van der Waals surface area contributed by atoms with E-state index in [-0.39, 0.29) is 5.57 Å². The standard InChI is InChI=1S/C16H14ClN5O/c17-14-6-13(3-4-15(14)19)22-16(23)12(7-18)10-21-9-11-2-1-5-20-8-11/h1-6,8,10,21H,9,19H2,(H,22,23)/b12-10-. The van der Waals surface area contributed by atoms with Crippen LogP contribution in [0, 0.1) is 11.3 Å². The first-order valence-corrected chi connectivity index (χ1v) is 7.07. The number of nitrogens with one attached hydrogen (secondary N) is 2. The maximum absolute atomic E-state index is 12.1. The summed E-state index contributed by atoms with van der Waals surface area (Å²) < 4.78 is 0. The lowest BCUT2D eigenvalue weighted by Gasteiger charge is -2.06. The van der Waals surface area contributed by atoms with Gasteiger partial charge in [0.1, 0.15) is 11.6 Å². The summed E-state index contributed by atoms with van der Waals surface area (Å²) in [5.41, 5.74) is 7.36. The van der Waals surface area contributed by atoms with E-state index in [2.05, 4.69) is 15.6 Å². The fourth-order valence-corrected chi connectivity index (χ4v) is 1.91. The Hall–Kier alpha value is -3.04. The summed E-state index contributed by atoms with van der Waals surface area (Å²) in [6, 6.07) is 10.2. The van der Waals surface area contributed by atoms with Gasteiger partial charge in [0.25, 0.3) is 5.91 Å². The molecule has 0 radical (unpaired) electrons. The number of nitrogens with zero attached hydrogens (tertiary/aromatic N) is 2. The molecule has 4 N–H and O–H groups in total. The van der Waals surface area contributed by atoms with Crippen LogP contribution in [-0.4, -0.2) is 10.9 Å². The third-order valence-corrected chi connectivity index (χ3v) is 3.23. The van der Waals surface area contributed by atoms with Crippen LogP contribution in [0.5, 0.6) is 0 Å². The van der Waals surface area contributed by atoms with Crippen molar-refractivity contribution in [2.24, 2.45) is 0 Å². The normalized spacial score (nSPS) is 10.7. The van der Waals surface area contributed by atoms with E-state index in [9.17, 15) is 4.79 Å². The minimum atomic E-state index is -0.535. The van der Waals surface area contributed by atoms with E-state index < -0.39 is 5.91 Å². The Kier molecular flexibility index (Phi) is 5.56. The van der Waals surface area contributed by atoms with Gasteiger partial charge < -0.3 is 16.4 Å². The van der Waals surface area contributed by atoms with Crippen molar-refractivity contribution in [3.05, 3.63) is 65.1 Å². The SMILES string of the molecule is N#C/C(=C/NCc1cccnc1)C(=O)Nc1ccc(N)c(Cl)c1. The smallest absolute Gasteiger partial charge is 0.267 e. The molecule has 1 aromatic carbocycles. The van der Waals surface area contributed by atoms with Gasteiger partial charge in [0, 0.05) is 30.8 Å². The van der Waals surface area contributed by atoms with Crippen LogP contribution in [0.2, 0.25) is 5.02 Å². The molecule has 0 unspecified atom stereocenters. The Bertz CT molecular complexity index is 768. The number of pyridine rings is 1. The first kappa shape index (κ1) is 16.3. The van der Waals surface area contributed by atoms with Gasteiger partial charge in [-0.25, -0.2) is 0 Å². The van der Waals surface area contributed by atoms with Gasteiger partial charge in [-0.3, -0.25) is 9.78 Å². The number of nitrogen functional groups attached to an aromatic ring is 1. The quantitative estimate of drug-likeness (QED) is 0.444. The molecule has 0 saturated carbocycles. The van der Waals surface area contributed by atoms with Crippen molar-refractivity contribution in [1.82, 2.24) is 10.3 Å². The molecule has 2 aromatic rings. The second kappa shape index (κ2) is 7.82. The van der Waals surface area contributed by atoms with Crippen LogP contribution in [0.1, 0.15) is 5.56 Å². The molecule has 1 amide bonds. The summed E-state index contributed by atoms with van der Waals surface area (Å²) in [6.07, 6.45) is 4.73. The molecule has 7 heteroatoms. The zero-order chi connectivity index (χ0) is 16.7. The van der Waals surface area contributed by atoms with Gasteiger partial charge in [-0.1, -0.05) is 17.7 Å². The summed E-state index contributed by atoms with van der Waals surface area (Å²) >= 11 is 5.89. The van der Waals surface area contributed by atoms with E-state index >= 15 is 0 Å². The van der Waals surface area contributed by atoms with Crippen LogP contribution in [0.4, 0.5) is 11.4 Å². The minimum absolute atomic E-state index is 0.0539. The number of nitriles is 1. The second-order valence-electron chi connectivity index (χ2n) is 4.60. The number of hydrogen-bond acceptors (Lipinski definition) is 5. The Balaban J connectivity index is 1.99. The highest BCUT2D eigenvalue weighted by molar-refractivity contribution is 6.33. The molecule has 0 bridgehead atoms. The molecule has 0 spiro atoms. The van der Waals surface area contributed by atoms with Crippen LogP contribution in [0.15, 0.2) is 54.5 Å². The van der Waals surface area contributed by atoms with Gasteiger partial charge >= 0.3 is 0 Å². The lowest BCUT2D eigenvalue weighted by atomic mass is 10.2. The van der Waals surface area contributed by atoms with Gasteiger partial charge in [-0.2, -0.15) is 5.26 Å². The number of nitrogens with two attached hydrogens (primary N) is 1. The molecule has 23 heavy (non-hydrogen) atoms. The largest absolute Gasteiger partial charge is 0.398 e. The van der Waals surface area contributed by atoms with E-state index in [0.717, 1.165) is 5.56 Å². The highest BCUT2D eigenvalue weighted by Gasteiger charge is 2.10. The monoisotopic (exact) mass is 327 g/mol. The van der Waals surface area contributed by atoms with Crippen LogP contribution in [-0.2, 0) is 11.3 Å². The van der Waals surface area contributed by atoms with Crippen LogP contribution in [0.25, 0.3) is 0 Å². The van der Waals surface area contributed by atoms with Gasteiger partial charge in [0.05, 0.1) is 10.7 Å². The second-order valence-corrected chi connectivity index (χ2v) is 5.01. The highest BCUT2D eigenvalue weighted by atomic mass is 35.5. The molecule has 0 fully saturated rings. The van der Waals surface area contributed by atoms with Crippen molar-refractivity contribution in [3.8, 4) is 6.07 Å². The average Bonchev–Trinajstić information content (AvgIpc) is 2.56. The highest BCUT2D eigenvalue weighted by Crippen LogP contribution is 2.22. The van der Waals surface area contributed by atoms with Gasteiger partial charge in [0.15, 0.2) is 0 Å². The number of hydrogen-bond donors (Lipinski definition) is 3. The number of rotatable bonds is 5. The number of aromatic nitrogens is 1. The van der Waals surface area contributed by atoms with Crippen molar-refractivity contribution >= 4 is 28.9 Å². The van der Waals surface area contributed by atoms with Gasteiger partial charge in [-0.15, -0.1) is 0 Å². The molecule has 6 nitrogen and oxygen atoms in total. The molecule has 116 valence electrons. The molecule has 0 aliphatic rings. The van der Waals surface area contributed by atoms with Gasteiger partial charge in [-0.05, 0) is 29.8 Å². The maximum atomic E-state index is 12.1. The predicted molar refractivity (Wildman–Crippen MR) is 89.3 cm³/mol. The average molecular weight is 328 g/mol. The molecule has 0 aliphatic carbocycles. The summed E-state index contributed by atoms with van der Waals surface area (Å²) in [5.74, 6) is -0.535. The van der Waals surface area contributed by atoms with Crippen molar-refractivity contribution in [1.29, 1.82) is 5.26 Å². The number of carbonyl (C=O) groups is 1. The molecular formula is C16H14ClN5O. The molecule has 2 rings (SSSR count). The van der Waals surface area contributed by atoms with E-state index in [0.29, 0.717) is 22.9 Å². The molecule has 1 aromatic heterocycles. The molecular weight excluding hydrogens is 314 g/mol. The van der Waals surface area contributed by atoms with E-state index in [1.165, 1.54) is 12.3 Å². The minimum Gasteiger partial charge on any atom is -0.398 e. The Morgan fingerprint density at radius 3 is 2.91 bits per heavy atom. The molecule has 0 aliphatic heterocycles. The Morgan fingerprint density at radius 2 is 2.26 bits per heavy atom. The fourth-order valence-electron chi connectivity index (χ4n) is 1.73. The number of anilines is 2. The zero-order valence-electron chi connectivity index (χ0n) is 12.1. The van der Waals surface area contributed by atoms with Crippen LogP contribution < -0.4 is 16.4 Å². The summed E-state index contributed by atoms with van der Waals surface area (Å²) in [6.45, 7) is 0.458. The zero-order valence-corrected chi connectivity index (χ0v) is 12.8. The third-order valence-electron chi connectivity index (χ3n) is 2.90. The van der Waals surface area contributed by atoms with Gasteiger partial charge in [0.2, 0.25) is 0 Å². The topological polar surface area (TPSA) is 104 Å². The molecule has 0 atom stereocenters. The summed E-state index contributed by atoms with van der Waals surface area (Å²) in [5, 5.41) is 14.9. The number of halogens is 1. The third kappa shape index (κ3) is 4.73. The van der Waals surface area contributed by atoms with E-state index in [1.807, 2.05) is 18.2 Å². The van der Waals surface area contributed by atoms with E-state index in [4.69, 9.17) is 22.6 Å². The Morgan fingerprint density at radius 1 is 1.43 bits per heavy atom. The van der Waals surface area contributed by atoms with Crippen molar-refractivity contribution < 1.29 is 4.79 Å². The lowest BCUT2D eigenvalue weighted by Crippen LogP contribution is -2.16. The Labute approximate surface area is 138 Å². The summed E-state index contributed by atoms with van der Waals surface area (Å²) in [7, 11) is 0. The fraction of sp³-hybridized carbons (Fsp3) is 0.0625. The van der Waals surface area contributed by atoms with E-state index in [1.54, 1.807) is 24.5 Å². The lowest BCUT2D eigenvalue weighted by molar-refractivity contribution is -0.112. The first-order valence-electron chi connectivity index (χ1n) is 6.69. The first-order chi connectivity index (χ1) is 11.1. The number of benzene rings is 1. The van der Waals surface area contributed by atoms with Crippen molar-refractivity contribution in [3.63, 3.8) is 0 Å². The predicted octanol–water partition coefficient (Wildman–Crippen LogP) is 2.45. The molecule has 1 heterocycles. The maximum Gasteiger partial charge on any atom is 0.267 e. The van der Waals surface area contributed by atoms with Crippen molar-refractivity contribution in [2.75, 3.05) is 11.1 Å². The van der Waals surface area contributed by atoms with Crippen LogP contribution >= 0.6 is 11.6 Å². The molecule has 0 saturated heterocycles.